The maximum absolute atomic E-state index is 14.4. The van der Waals surface area contributed by atoms with Crippen molar-refractivity contribution in [2.45, 2.75) is 19.6 Å². The molecule has 0 bridgehead atoms. The van der Waals surface area contributed by atoms with Gasteiger partial charge in [-0.25, -0.2) is 9.79 Å². The van der Waals surface area contributed by atoms with Crippen molar-refractivity contribution >= 4 is 51.7 Å². The van der Waals surface area contributed by atoms with Gasteiger partial charge >= 0.3 is 5.97 Å². The Kier molecular flexibility index (Phi) is 10.9. The zero-order valence-corrected chi connectivity index (χ0v) is 31.1. The van der Waals surface area contributed by atoms with Crippen molar-refractivity contribution < 1.29 is 28.5 Å². The van der Waals surface area contributed by atoms with Crippen LogP contribution in [0.25, 0.3) is 11.8 Å². The van der Waals surface area contributed by atoms with E-state index in [2.05, 4.69) is 28.7 Å². The molecular weight excluding hydrogens is 781 g/mol. The number of methoxy groups -OCH3 is 3. The Hall–Kier alpha value is -5.39. The molecule has 0 radical (unpaired) electrons. The molecule has 0 amide bonds. The molecule has 0 N–H and O–H groups in total. The molecule has 0 fully saturated rings. The Bertz CT molecular complexity index is 2380. The Morgan fingerprint density at radius 2 is 1.69 bits per heavy atom. The molecule has 1 atom stereocenters. The van der Waals surface area contributed by atoms with Gasteiger partial charge in [0, 0.05) is 11.1 Å². The van der Waals surface area contributed by atoms with E-state index in [0.717, 1.165) is 9.13 Å². The van der Waals surface area contributed by atoms with Gasteiger partial charge in [0.1, 0.15) is 6.61 Å². The fourth-order valence-electron chi connectivity index (χ4n) is 5.80. The normalized spacial score (nSPS) is 13.9. The molecule has 0 saturated carbocycles. The fraction of sp³-hybridized carbons (Fsp3) is 0.179. The predicted molar refractivity (Wildman–Crippen MR) is 202 cm³/mol. The van der Waals surface area contributed by atoms with Crippen LogP contribution in [-0.4, -0.2) is 38.5 Å². The largest absolute Gasteiger partial charge is 0.493 e. The van der Waals surface area contributed by atoms with Crippen LogP contribution in [0.3, 0.4) is 0 Å². The number of hydrogen-bond donors (Lipinski definition) is 0. The van der Waals surface area contributed by atoms with Crippen molar-refractivity contribution in [3.05, 3.63) is 142 Å². The van der Waals surface area contributed by atoms with Crippen molar-refractivity contribution in [1.29, 1.82) is 5.26 Å². The quantitative estimate of drug-likeness (QED) is 0.117. The second-order valence-corrected chi connectivity index (χ2v) is 13.3. The van der Waals surface area contributed by atoms with Crippen molar-refractivity contribution in [3.8, 4) is 29.1 Å². The number of hydrogen-bond acceptors (Lipinski definition) is 10. The molecular formula is C39H32IN3O7S. The highest BCUT2D eigenvalue weighted by atomic mass is 127. The highest BCUT2D eigenvalue weighted by Gasteiger charge is 2.35. The first kappa shape index (κ1) is 35.4. The third-order valence-electron chi connectivity index (χ3n) is 8.16. The number of benzene rings is 4. The SMILES string of the molecule is CCOC(=O)C1=C(c2ccccc2)N=c2s/c(=C\c3cc(I)c(OCc4ccccc4C#N)c(OC)c3)c(=O)n2[C@H]1c1ccc(OC)c(OC)c1. The van der Waals surface area contributed by atoms with Crippen LogP contribution >= 0.6 is 33.9 Å². The second kappa shape index (κ2) is 15.7. The predicted octanol–water partition coefficient (Wildman–Crippen LogP) is 6.02. The summed E-state index contributed by atoms with van der Waals surface area (Å²) in [5.41, 5.74) is 3.60. The van der Waals surface area contributed by atoms with E-state index in [1.165, 1.54) is 23.0 Å². The number of aromatic nitrogens is 1. The molecule has 4 aromatic carbocycles. The van der Waals surface area contributed by atoms with Crippen molar-refractivity contribution in [3.63, 3.8) is 0 Å². The molecule has 51 heavy (non-hydrogen) atoms. The van der Waals surface area contributed by atoms with Gasteiger partial charge in [-0.3, -0.25) is 9.36 Å². The number of fused-ring (bicyclic) bond motifs is 1. The molecule has 1 aliphatic heterocycles. The van der Waals surface area contributed by atoms with E-state index < -0.39 is 12.0 Å². The van der Waals surface area contributed by atoms with Gasteiger partial charge in [-0.2, -0.15) is 5.26 Å². The van der Waals surface area contributed by atoms with Crippen molar-refractivity contribution in [2.75, 3.05) is 27.9 Å². The van der Waals surface area contributed by atoms with Crippen LogP contribution in [0.15, 0.2) is 100 Å². The van der Waals surface area contributed by atoms with E-state index in [0.29, 0.717) is 60.3 Å². The maximum Gasteiger partial charge on any atom is 0.338 e. The van der Waals surface area contributed by atoms with Crippen molar-refractivity contribution in [1.82, 2.24) is 4.57 Å². The number of esters is 1. The summed E-state index contributed by atoms with van der Waals surface area (Å²) in [6.07, 6.45) is 1.77. The van der Waals surface area contributed by atoms with Gasteiger partial charge in [0.05, 0.1) is 65.0 Å². The van der Waals surface area contributed by atoms with Gasteiger partial charge in [-0.05, 0) is 77.0 Å². The molecule has 0 aliphatic carbocycles. The Balaban J connectivity index is 1.51. The summed E-state index contributed by atoms with van der Waals surface area (Å²) in [4.78, 5) is 33.6. The van der Waals surface area contributed by atoms with E-state index in [9.17, 15) is 14.9 Å². The summed E-state index contributed by atoms with van der Waals surface area (Å²) < 4.78 is 31.2. The molecule has 1 aliphatic rings. The minimum atomic E-state index is -0.890. The monoisotopic (exact) mass is 813 g/mol. The summed E-state index contributed by atoms with van der Waals surface area (Å²) in [5.74, 6) is 1.35. The summed E-state index contributed by atoms with van der Waals surface area (Å²) in [7, 11) is 4.62. The first-order chi connectivity index (χ1) is 24.8. The summed E-state index contributed by atoms with van der Waals surface area (Å²) in [6.45, 7) is 2.05. The molecule has 6 rings (SSSR count). The Labute approximate surface area is 311 Å². The molecule has 0 saturated heterocycles. The lowest BCUT2D eigenvalue weighted by Crippen LogP contribution is -2.40. The van der Waals surface area contributed by atoms with Crippen LogP contribution in [0, 0.1) is 14.9 Å². The van der Waals surface area contributed by atoms with Crippen LogP contribution in [0.1, 0.15) is 40.8 Å². The molecule has 258 valence electrons. The Morgan fingerprint density at radius 3 is 2.39 bits per heavy atom. The average molecular weight is 814 g/mol. The summed E-state index contributed by atoms with van der Waals surface area (Å²) in [5, 5.41) is 9.49. The van der Waals surface area contributed by atoms with E-state index in [-0.39, 0.29) is 24.3 Å². The smallest absolute Gasteiger partial charge is 0.338 e. The first-order valence-electron chi connectivity index (χ1n) is 15.8. The third kappa shape index (κ3) is 7.13. The first-order valence-corrected chi connectivity index (χ1v) is 17.7. The number of halogens is 1. The molecule has 1 aromatic heterocycles. The van der Waals surface area contributed by atoms with E-state index in [1.54, 1.807) is 57.6 Å². The van der Waals surface area contributed by atoms with Gasteiger partial charge in [0.2, 0.25) is 0 Å². The standard InChI is InChI=1S/C39H32IN3O7S/c1-5-49-38(45)33-34(24-11-7-6-8-12-24)42-39-43(35(33)25-15-16-29(46-2)30(20-25)47-3)37(44)32(51-39)19-23-17-28(40)36(31(18-23)48-4)50-22-27-14-10-9-13-26(27)21-41/h6-20,35H,5,22H2,1-4H3/b32-19-/t35-/m0/s1. The number of ether oxygens (including phenoxy) is 5. The van der Waals surface area contributed by atoms with Gasteiger partial charge in [0.15, 0.2) is 27.8 Å². The zero-order chi connectivity index (χ0) is 36.1. The van der Waals surface area contributed by atoms with E-state index in [4.69, 9.17) is 28.7 Å². The molecule has 2 heterocycles. The zero-order valence-electron chi connectivity index (χ0n) is 28.1. The van der Waals surface area contributed by atoms with Gasteiger partial charge < -0.3 is 23.7 Å². The topological polar surface area (TPSA) is 121 Å². The lowest BCUT2D eigenvalue weighted by atomic mass is 9.93. The van der Waals surface area contributed by atoms with Crippen LogP contribution in [-0.2, 0) is 16.1 Å². The second-order valence-electron chi connectivity index (χ2n) is 11.1. The summed E-state index contributed by atoms with van der Waals surface area (Å²) in [6, 6.07) is 26.9. The molecule has 10 nitrogen and oxygen atoms in total. The van der Waals surface area contributed by atoms with Gasteiger partial charge in [-0.1, -0.05) is 65.9 Å². The van der Waals surface area contributed by atoms with Crippen LogP contribution in [0.4, 0.5) is 0 Å². The Morgan fingerprint density at radius 1 is 0.961 bits per heavy atom. The molecule has 12 heteroatoms. The minimum Gasteiger partial charge on any atom is -0.493 e. The van der Waals surface area contributed by atoms with Crippen molar-refractivity contribution in [2.24, 2.45) is 4.99 Å². The van der Waals surface area contributed by atoms with Crippen LogP contribution < -0.4 is 33.8 Å². The van der Waals surface area contributed by atoms with E-state index in [1.807, 2.05) is 54.6 Å². The van der Waals surface area contributed by atoms with Crippen LogP contribution in [0.5, 0.6) is 23.0 Å². The number of nitriles is 1. The minimum absolute atomic E-state index is 0.137. The van der Waals surface area contributed by atoms with Crippen LogP contribution in [0.2, 0.25) is 0 Å². The number of thiazole rings is 1. The molecule has 0 spiro atoms. The lowest BCUT2D eigenvalue weighted by Gasteiger charge is -2.26. The van der Waals surface area contributed by atoms with Gasteiger partial charge in [-0.15, -0.1) is 0 Å². The maximum atomic E-state index is 14.4. The summed E-state index contributed by atoms with van der Waals surface area (Å²) >= 11 is 3.38. The lowest BCUT2D eigenvalue weighted by molar-refractivity contribution is -0.138. The highest BCUT2D eigenvalue weighted by Crippen LogP contribution is 2.39. The number of carbonyl (C=O) groups is 1. The number of carbonyl (C=O) groups excluding carboxylic acids is 1. The average Bonchev–Trinajstić information content (AvgIpc) is 3.47. The molecule has 0 unspecified atom stereocenters. The van der Waals surface area contributed by atoms with E-state index >= 15 is 0 Å². The highest BCUT2D eigenvalue weighted by molar-refractivity contribution is 14.1. The van der Waals surface area contributed by atoms with Gasteiger partial charge in [0.25, 0.3) is 5.56 Å². The number of nitrogens with zero attached hydrogens (tertiary/aromatic N) is 3. The molecule has 5 aromatic rings. The third-order valence-corrected chi connectivity index (χ3v) is 9.94. The number of rotatable bonds is 11. The fourth-order valence-corrected chi connectivity index (χ4v) is 7.58.